The fourth-order valence-corrected chi connectivity index (χ4v) is 1.74. The van der Waals surface area contributed by atoms with Crippen molar-refractivity contribution in [1.29, 1.82) is 0 Å². The first-order chi connectivity index (χ1) is 7.29. The van der Waals surface area contributed by atoms with Crippen LogP contribution in [0.5, 0.6) is 0 Å². The van der Waals surface area contributed by atoms with Gasteiger partial charge in [0, 0.05) is 12.7 Å². The molecule has 0 saturated carbocycles. The van der Waals surface area contributed by atoms with E-state index in [1.807, 2.05) is 0 Å². The lowest BCUT2D eigenvalue weighted by Crippen LogP contribution is -2.16. The van der Waals surface area contributed by atoms with E-state index in [0.717, 1.165) is 0 Å². The Morgan fingerprint density at radius 1 is 1.38 bits per heavy atom. The maximum absolute atomic E-state index is 12.6. The molecule has 2 N–H and O–H groups in total. The lowest BCUT2D eigenvalue weighted by atomic mass is 10.0. The van der Waals surface area contributed by atoms with Crippen molar-refractivity contribution >= 4 is 15.9 Å². The van der Waals surface area contributed by atoms with Gasteiger partial charge in [0.05, 0.1) is 11.1 Å². The first kappa shape index (κ1) is 13.3. The van der Waals surface area contributed by atoms with E-state index in [1.54, 1.807) is 0 Å². The van der Waals surface area contributed by atoms with Crippen LogP contribution in [0.2, 0.25) is 0 Å². The number of rotatable bonds is 2. The van der Waals surface area contributed by atoms with E-state index in [2.05, 4.69) is 20.9 Å². The van der Waals surface area contributed by atoms with E-state index in [-0.39, 0.29) is 4.60 Å². The van der Waals surface area contributed by atoms with E-state index >= 15 is 0 Å². The fraction of sp³-hybridized carbons (Fsp3) is 0.375. The molecule has 1 rings (SSSR count). The monoisotopic (exact) mass is 304 g/mol. The zero-order valence-corrected chi connectivity index (χ0v) is 9.24. The van der Waals surface area contributed by atoms with E-state index < -0.39 is 35.8 Å². The smallest absolute Gasteiger partial charge is 0.326 e. The maximum Gasteiger partial charge on any atom is 0.418 e. The normalized spacial score (nSPS) is 12.2. The first-order valence-electron chi connectivity index (χ1n) is 4.01. The number of hydrogen-bond acceptors (Lipinski definition) is 2. The van der Waals surface area contributed by atoms with Crippen molar-refractivity contribution < 1.29 is 22.0 Å². The molecular formula is C8H6BrF5N2. The summed E-state index contributed by atoms with van der Waals surface area (Å²) in [7, 11) is 0. The average Bonchev–Trinajstić information content (AvgIpc) is 2.14. The van der Waals surface area contributed by atoms with Crippen LogP contribution in [-0.4, -0.2) is 4.98 Å². The molecule has 2 nitrogen and oxygen atoms in total. The molecule has 0 fully saturated rings. The summed E-state index contributed by atoms with van der Waals surface area (Å²) in [6.45, 7) is -0.629. The van der Waals surface area contributed by atoms with Crippen molar-refractivity contribution in [2.75, 3.05) is 0 Å². The van der Waals surface area contributed by atoms with E-state index in [9.17, 15) is 22.0 Å². The Labute approximate surface area is 95.8 Å². The molecule has 0 aliphatic heterocycles. The highest BCUT2D eigenvalue weighted by atomic mass is 79.9. The minimum atomic E-state index is -4.74. The van der Waals surface area contributed by atoms with Crippen molar-refractivity contribution in [3.63, 3.8) is 0 Å². The van der Waals surface area contributed by atoms with Crippen LogP contribution in [0.1, 0.15) is 23.1 Å². The van der Waals surface area contributed by atoms with Crippen LogP contribution in [0.25, 0.3) is 0 Å². The van der Waals surface area contributed by atoms with Crippen molar-refractivity contribution in [3.05, 3.63) is 27.5 Å². The van der Waals surface area contributed by atoms with Gasteiger partial charge in [0.25, 0.3) is 6.43 Å². The summed E-state index contributed by atoms with van der Waals surface area (Å²) in [4.78, 5) is 3.24. The van der Waals surface area contributed by atoms with Gasteiger partial charge in [-0.3, -0.25) is 0 Å². The number of aromatic nitrogens is 1. The number of nitrogens with zero attached hydrogens (tertiary/aromatic N) is 1. The molecular weight excluding hydrogens is 299 g/mol. The Bertz CT molecular complexity index is 391. The Morgan fingerprint density at radius 3 is 2.31 bits per heavy atom. The third-order valence-electron chi connectivity index (χ3n) is 1.91. The summed E-state index contributed by atoms with van der Waals surface area (Å²) in [5.74, 6) is 0. The highest BCUT2D eigenvalue weighted by molar-refractivity contribution is 9.10. The van der Waals surface area contributed by atoms with Crippen LogP contribution in [0.3, 0.4) is 0 Å². The highest BCUT2D eigenvalue weighted by Gasteiger charge is 2.36. The van der Waals surface area contributed by atoms with Gasteiger partial charge in [0.2, 0.25) is 0 Å². The predicted octanol–water partition coefficient (Wildman–Crippen LogP) is 3.26. The van der Waals surface area contributed by atoms with Crippen LogP contribution >= 0.6 is 15.9 Å². The van der Waals surface area contributed by atoms with Gasteiger partial charge < -0.3 is 5.73 Å². The van der Waals surface area contributed by atoms with Gasteiger partial charge in [-0.2, -0.15) is 13.2 Å². The summed E-state index contributed by atoms with van der Waals surface area (Å²) in [5.41, 5.74) is 2.40. The van der Waals surface area contributed by atoms with E-state index in [0.29, 0.717) is 6.20 Å². The molecule has 0 spiro atoms. The quantitative estimate of drug-likeness (QED) is 0.673. The molecule has 1 heterocycles. The largest absolute Gasteiger partial charge is 0.418 e. The Morgan fingerprint density at radius 2 is 1.94 bits per heavy atom. The lowest BCUT2D eigenvalue weighted by molar-refractivity contribution is -0.138. The molecule has 1 aromatic rings. The molecule has 16 heavy (non-hydrogen) atoms. The van der Waals surface area contributed by atoms with Crippen LogP contribution in [0.4, 0.5) is 22.0 Å². The van der Waals surface area contributed by atoms with Crippen molar-refractivity contribution in [3.8, 4) is 0 Å². The van der Waals surface area contributed by atoms with Gasteiger partial charge in [0.1, 0.15) is 4.60 Å². The number of alkyl halides is 5. The molecule has 90 valence electrons. The number of nitrogens with two attached hydrogens (primary N) is 1. The lowest BCUT2D eigenvalue weighted by Gasteiger charge is -2.15. The first-order valence-corrected chi connectivity index (χ1v) is 4.81. The minimum absolute atomic E-state index is 0.323. The third kappa shape index (κ3) is 2.49. The molecule has 8 heteroatoms. The molecule has 0 amide bonds. The van der Waals surface area contributed by atoms with Crippen LogP contribution in [-0.2, 0) is 12.7 Å². The molecule has 0 aliphatic rings. The summed E-state index contributed by atoms with van der Waals surface area (Å²) in [6, 6.07) is 0. The average molecular weight is 305 g/mol. The summed E-state index contributed by atoms with van der Waals surface area (Å²) in [6.07, 6.45) is -7.33. The van der Waals surface area contributed by atoms with Crippen molar-refractivity contribution in [1.82, 2.24) is 4.98 Å². The van der Waals surface area contributed by atoms with E-state index in [1.165, 1.54) is 0 Å². The van der Waals surface area contributed by atoms with Gasteiger partial charge in [-0.15, -0.1) is 0 Å². The standard InChI is InChI=1S/C8H6BrF5N2/c9-6-5(7(10)11)3(1-15)4(2-16-6)8(12,13)14/h2,7H,1,15H2. The zero-order chi connectivity index (χ0) is 12.5. The molecule has 0 aliphatic carbocycles. The Hall–Kier alpha value is -0.760. The van der Waals surface area contributed by atoms with Gasteiger partial charge >= 0.3 is 6.18 Å². The Kier molecular flexibility index (Phi) is 3.84. The van der Waals surface area contributed by atoms with Gasteiger partial charge in [-0.25, -0.2) is 13.8 Å². The maximum atomic E-state index is 12.6. The second kappa shape index (κ2) is 4.62. The molecule has 0 aromatic carbocycles. The molecule has 0 saturated heterocycles. The molecule has 0 radical (unpaired) electrons. The number of pyridine rings is 1. The van der Waals surface area contributed by atoms with Gasteiger partial charge in [0.15, 0.2) is 0 Å². The van der Waals surface area contributed by atoms with Crippen LogP contribution in [0.15, 0.2) is 10.8 Å². The second-order valence-electron chi connectivity index (χ2n) is 2.86. The number of halogens is 6. The van der Waals surface area contributed by atoms with Gasteiger partial charge in [-0.1, -0.05) is 0 Å². The summed E-state index contributed by atoms with van der Waals surface area (Å²) < 4.78 is 62.1. The second-order valence-corrected chi connectivity index (χ2v) is 3.61. The SMILES string of the molecule is NCc1c(C(F)(F)F)cnc(Br)c1C(F)F. The summed E-state index contributed by atoms with van der Waals surface area (Å²) >= 11 is 2.68. The summed E-state index contributed by atoms with van der Waals surface area (Å²) in [5, 5.41) is 0. The minimum Gasteiger partial charge on any atom is -0.326 e. The van der Waals surface area contributed by atoms with Crippen molar-refractivity contribution in [2.24, 2.45) is 5.73 Å². The molecule has 0 bridgehead atoms. The highest BCUT2D eigenvalue weighted by Crippen LogP contribution is 2.38. The fourth-order valence-electron chi connectivity index (χ4n) is 1.22. The predicted molar refractivity (Wildman–Crippen MR) is 49.8 cm³/mol. The van der Waals surface area contributed by atoms with E-state index in [4.69, 9.17) is 5.73 Å². The topological polar surface area (TPSA) is 38.9 Å². The van der Waals surface area contributed by atoms with Crippen LogP contribution < -0.4 is 5.73 Å². The van der Waals surface area contributed by atoms with Crippen LogP contribution in [0, 0.1) is 0 Å². The van der Waals surface area contributed by atoms with Gasteiger partial charge in [-0.05, 0) is 21.5 Å². The molecule has 1 aromatic heterocycles. The third-order valence-corrected chi connectivity index (χ3v) is 2.54. The van der Waals surface area contributed by atoms with Crippen molar-refractivity contribution in [2.45, 2.75) is 19.1 Å². The molecule has 0 unspecified atom stereocenters. The Balaban J connectivity index is 3.49. The number of hydrogen-bond donors (Lipinski definition) is 1. The molecule has 0 atom stereocenters. The zero-order valence-electron chi connectivity index (χ0n) is 7.65.